The van der Waals surface area contributed by atoms with E-state index in [1.807, 2.05) is 35.2 Å². The van der Waals surface area contributed by atoms with Crippen LogP contribution in [-0.2, 0) is 11.2 Å². The predicted molar refractivity (Wildman–Crippen MR) is 73.9 cm³/mol. The summed E-state index contributed by atoms with van der Waals surface area (Å²) in [5.74, 6) is 1.22. The van der Waals surface area contributed by atoms with Gasteiger partial charge in [0.25, 0.3) is 0 Å². The second-order valence-corrected chi connectivity index (χ2v) is 4.95. The molecule has 0 unspecified atom stereocenters. The first-order chi connectivity index (χ1) is 9.83. The second-order valence-electron chi connectivity index (χ2n) is 4.95. The fourth-order valence-electron chi connectivity index (χ4n) is 2.39. The summed E-state index contributed by atoms with van der Waals surface area (Å²) < 4.78 is 5.59. The molecule has 1 saturated heterocycles. The Labute approximate surface area is 117 Å². The number of carbonyl (C=O) groups excluding carboxylic acids is 1. The summed E-state index contributed by atoms with van der Waals surface area (Å²) >= 11 is 0. The molecule has 5 heteroatoms. The minimum absolute atomic E-state index is 0.182. The van der Waals surface area contributed by atoms with Crippen LogP contribution >= 0.6 is 0 Å². The summed E-state index contributed by atoms with van der Waals surface area (Å²) in [7, 11) is 0. The largest absolute Gasteiger partial charge is 0.421 e. The summed E-state index contributed by atoms with van der Waals surface area (Å²) in [6.45, 7) is 1.77. The molecule has 0 radical (unpaired) electrons. The van der Waals surface area contributed by atoms with Crippen molar-refractivity contribution in [1.82, 2.24) is 15.1 Å². The zero-order valence-corrected chi connectivity index (χ0v) is 11.3. The number of rotatable bonds is 4. The molecule has 1 amide bonds. The molecule has 1 aromatic heterocycles. The third-order valence-electron chi connectivity index (χ3n) is 3.50. The number of likely N-dealkylation sites (tertiary alicyclic amines) is 1. The lowest BCUT2D eigenvalue weighted by molar-refractivity contribution is -0.130. The van der Waals surface area contributed by atoms with Crippen molar-refractivity contribution >= 4 is 5.91 Å². The average Bonchev–Trinajstić information content (AvgIpc) is 3.17. The highest BCUT2D eigenvalue weighted by Crippen LogP contribution is 2.18. The summed E-state index contributed by atoms with van der Waals surface area (Å²) in [4.78, 5) is 13.8. The predicted octanol–water partition coefficient (Wildman–Crippen LogP) is 2.29. The van der Waals surface area contributed by atoms with Gasteiger partial charge in [0.1, 0.15) is 0 Å². The monoisotopic (exact) mass is 271 g/mol. The SMILES string of the molecule is O=C(CCc1nnc(-c2ccccc2)o1)N1CCCC1. The number of aromatic nitrogens is 2. The number of hydrogen-bond donors (Lipinski definition) is 0. The van der Waals surface area contributed by atoms with E-state index in [9.17, 15) is 4.79 Å². The summed E-state index contributed by atoms with van der Waals surface area (Å²) in [6, 6.07) is 9.64. The molecule has 1 aliphatic heterocycles. The van der Waals surface area contributed by atoms with Crippen molar-refractivity contribution in [3.05, 3.63) is 36.2 Å². The van der Waals surface area contributed by atoms with Crippen LogP contribution in [0.2, 0.25) is 0 Å². The minimum Gasteiger partial charge on any atom is -0.421 e. The summed E-state index contributed by atoms with van der Waals surface area (Å²) in [5.41, 5.74) is 0.900. The van der Waals surface area contributed by atoms with Crippen molar-refractivity contribution < 1.29 is 9.21 Å². The summed E-state index contributed by atoms with van der Waals surface area (Å²) in [5, 5.41) is 8.02. The van der Waals surface area contributed by atoms with Crippen LogP contribution in [0.25, 0.3) is 11.5 Å². The zero-order valence-electron chi connectivity index (χ0n) is 11.3. The molecule has 1 fully saturated rings. The quantitative estimate of drug-likeness (QED) is 0.856. The molecular formula is C15H17N3O2. The number of benzene rings is 1. The fraction of sp³-hybridized carbons (Fsp3) is 0.400. The first-order valence-corrected chi connectivity index (χ1v) is 6.98. The van der Waals surface area contributed by atoms with Gasteiger partial charge in [0.2, 0.25) is 17.7 Å². The highest BCUT2D eigenvalue weighted by atomic mass is 16.4. The maximum Gasteiger partial charge on any atom is 0.247 e. The smallest absolute Gasteiger partial charge is 0.247 e. The van der Waals surface area contributed by atoms with Crippen molar-refractivity contribution in [3.8, 4) is 11.5 Å². The standard InChI is InChI=1S/C15H17N3O2/c19-14(18-10-4-5-11-18)9-8-13-16-17-15(20-13)12-6-2-1-3-7-12/h1-3,6-7H,4-5,8-11H2. The summed E-state index contributed by atoms with van der Waals surface area (Å²) in [6.07, 6.45) is 3.18. The van der Waals surface area contributed by atoms with Crippen LogP contribution in [0.4, 0.5) is 0 Å². The normalized spacial score (nSPS) is 14.7. The minimum atomic E-state index is 0.182. The van der Waals surface area contributed by atoms with Gasteiger partial charge < -0.3 is 9.32 Å². The molecule has 3 rings (SSSR count). The Bertz CT molecular complexity index is 574. The third-order valence-corrected chi connectivity index (χ3v) is 3.50. The van der Waals surface area contributed by atoms with Gasteiger partial charge in [-0.2, -0.15) is 0 Å². The molecule has 2 aromatic rings. The van der Waals surface area contributed by atoms with E-state index in [4.69, 9.17) is 4.42 Å². The molecular weight excluding hydrogens is 254 g/mol. The van der Waals surface area contributed by atoms with E-state index < -0.39 is 0 Å². The molecule has 1 aliphatic rings. The van der Waals surface area contributed by atoms with Crippen LogP contribution in [0, 0.1) is 0 Å². The van der Waals surface area contributed by atoms with Crippen LogP contribution in [0.1, 0.15) is 25.2 Å². The van der Waals surface area contributed by atoms with Crippen molar-refractivity contribution in [1.29, 1.82) is 0 Å². The Morgan fingerprint density at radius 2 is 1.90 bits per heavy atom. The Morgan fingerprint density at radius 3 is 2.65 bits per heavy atom. The lowest BCUT2D eigenvalue weighted by Gasteiger charge is -2.13. The van der Waals surface area contributed by atoms with Gasteiger partial charge in [-0.3, -0.25) is 4.79 Å². The molecule has 0 N–H and O–H groups in total. The van der Waals surface area contributed by atoms with Crippen LogP contribution < -0.4 is 0 Å². The molecule has 104 valence electrons. The van der Waals surface area contributed by atoms with E-state index in [0.29, 0.717) is 24.6 Å². The molecule has 0 spiro atoms. The lowest BCUT2D eigenvalue weighted by atomic mass is 10.2. The van der Waals surface area contributed by atoms with Crippen molar-refractivity contribution in [2.75, 3.05) is 13.1 Å². The van der Waals surface area contributed by atoms with Gasteiger partial charge in [-0.25, -0.2) is 0 Å². The zero-order chi connectivity index (χ0) is 13.8. The van der Waals surface area contributed by atoms with Crippen LogP contribution in [0.3, 0.4) is 0 Å². The Morgan fingerprint density at radius 1 is 1.15 bits per heavy atom. The van der Waals surface area contributed by atoms with Gasteiger partial charge in [0, 0.05) is 31.5 Å². The van der Waals surface area contributed by atoms with E-state index in [0.717, 1.165) is 31.5 Å². The molecule has 0 saturated carbocycles. The molecule has 0 aliphatic carbocycles. The lowest BCUT2D eigenvalue weighted by Crippen LogP contribution is -2.27. The van der Waals surface area contributed by atoms with E-state index in [2.05, 4.69) is 10.2 Å². The first kappa shape index (κ1) is 12.8. The molecule has 1 aromatic carbocycles. The van der Waals surface area contributed by atoms with Crippen LogP contribution in [0.5, 0.6) is 0 Å². The van der Waals surface area contributed by atoms with E-state index in [1.54, 1.807) is 0 Å². The van der Waals surface area contributed by atoms with Gasteiger partial charge in [-0.05, 0) is 25.0 Å². The molecule has 20 heavy (non-hydrogen) atoms. The maximum absolute atomic E-state index is 11.9. The van der Waals surface area contributed by atoms with Crippen molar-refractivity contribution in [2.45, 2.75) is 25.7 Å². The number of hydrogen-bond acceptors (Lipinski definition) is 4. The number of amides is 1. The van der Waals surface area contributed by atoms with Gasteiger partial charge in [0.15, 0.2) is 0 Å². The Kier molecular flexibility index (Phi) is 3.76. The van der Waals surface area contributed by atoms with Gasteiger partial charge in [-0.1, -0.05) is 18.2 Å². The highest BCUT2D eigenvalue weighted by Gasteiger charge is 2.18. The molecule has 5 nitrogen and oxygen atoms in total. The number of nitrogens with zero attached hydrogens (tertiary/aromatic N) is 3. The Hall–Kier alpha value is -2.17. The van der Waals surface area contributed by atoms with E-state index in [1.165, 1.54) is 0 Å². The van der Waals surface area contributed by atoms with Crippen LogP contribution in [-0.4, -0.2) is 34.1 Å². The van der Waals surface area contributed by atoms with Gasteiger partial charge in [-0.15, -0.1) is 10.2 Å². The molecule has 0 bridgehead atoms. The maximum atomic E-state index is 11.9. The molecule has 0 atom stereocenters. The number of aryl methyl sites for hydroxylation is 1. The topological polar surface area (TPSA) is 59.2 Å². The average molecular weight is 271 g/mol. The van der Waals surface area contributed by atoms with Crippen molar-refractivity contribution in [3.63, 3.8) is 0 Å². The Balaban J connectivity index is 1.59. The first-order valence-electron chi connectivity index (χ1n) is 6.98. The highest BCUT2D eigenvalue weighted by molar-refractivity contribution is 5.76. The van der Waals surface area contributed by atoms with Gasteiger partial charge in [0.05, 0.1) is 0 Å². The van der Waals surface area contributed by atoms with Crippen molar-refractivity contribution in [2.24, 2.45) is 0 Å². The van der Waals surface area contributed by atoms with Crippen LogP contribution in [0.15, 0.2) is 34.7 Å². The van der Waals surface area contributed by atoms with Gasteiger partial charge >= 0.3 is 0 Å². The number of carbonyl (C=O) groups is 1. The molecule has 2 heterocycles. The van der Waals surface area contributed by atoms with E-state index >= 15 is 0 Å². The van der Waals surface area contributed by atoms with E-state index in [-0.39, 0.29) is 5.91 Å². The third kappa shape index (κ3) is 2.87. The second kappa shape index (κ2) is 5.86. The fourth-order valence-corrected chi connectivity index (χ4v) is 2.39.